The molecular formula is C10H13FNO5P. The van der Waals surface area contributed by atoms with Gasteiger partial charge in [0.05, 0.1) is 0 Å². The summed E-state index contributed by atoms with van der Waals surface area (Å²) in [5, 5.41) is 8.60. The van der Waals surface area contributed by atoms with E-state index in [1.54, 1.807) is 0 Å². The van der Waals surface area contributed by atoms with Crippen molar-refractivity contribution in [2.45, 2.75) is 18.4 Å². The molecule has 1 aromatic carbocycles. The molecule has 0 bridgehead atoms. The van der Waals surface area contributed by atoms with Crippen molar-refractivity contribution in [3.05, 3.63) is 35.4 Å². The molecule has 0 spiro atoms. The minimum Gasteiger partial charge on any atom is -0.480 e. The first kappa shape index (κ1) is 14.8. The first-order valence-corrected chi connectivity index (χ1v) is 6.66. The summed E-state index contributed by atoms with van der Waals surface area (Å²) in [4.78, 5) is 27.9. The zero-order valence-corrected chi connectivity index (χ0v) is 10.1. The summed E-state index contributed by atoms with van der Waals surface area (Å²) < 4.78 is 24.0. The second kappa shape index (κ2) is 5.58. The third kappa shape index (κ3) is 3.89. The van der Waals surface area contributed by atoms with Gasteiger partial charge in [-0.2, -0.15) is 0 Å². The number of carbonyl (C=O) groups is 1. The molecule has 0 amide bonds. The highest BCUT2D eigenvalue weighted by Gasteiger charge is 2.30. The molecule has 1 rings (SSSR count). The molecule has 0 aliphatic heterocycles. The van der Waals surface area contributed by atoms with E-state index in [9.17, 15) is 13.8 Å². The molecule has 2 unspecified atom stereocenters. The summed E-state index contributed by atoms with van der Waals surface area (Å²) in [7, 11) is -4.82. The molecule has 100 valence electrons. The van der Waals surface area contributed by atoms with Gasteiger partial charge in [0.15, 0.2) is 0 Å². The fraction of sp³-hybridized carbons (Fsp3) is 0.300. The monoisotopic (exact) mass is 277 g/mol. The van der Waals surface area contributed by atoms with E-state index in [2.05, 4.69) is 0 Å². The maximum Gasteiger partial charge on any atom is 0.363 e. The number of hydrogen-bond donors (Lipinski definition) is 4. The fourth-order valence-corrected chi connectivity index (χ4v) is 1.91. The lowest BCUT2D eigenvalue weighted by atomic mass is 10.1. The predicted octanol–water partition coefficient (Wildman–Crippen LogP) is 0.787. The van der Waals surface area contributed by atoms with Gasteiger partial charge < -0.3 is 20.6 Å². The Kier molecular flexibility index (Phi) is 4.59. The van der Waals surface area contributed by atoms with Crippen LogP contribution in [-0.2, 0) is 15.8 Å². The van der Waals surface area contributed by atoms with E-state index in [-0.39, 0.29) is 12.0 Å². The number of alkyl halides is 1. The van der Waals surface area contributed by atoms with Crippen LogP contribution in [0.2, 0.25) is 0 Å². The quantitative estimate of drug-likeness (QED) is 0.590. The fourth-order valence-electron chi connectivity index (χ4n) is 1.35. The highest BCUT2D eigenvalue weighted by molar-refractivity contribution is 7.51. The summed E-state index contributed by atoms with van der Waals surface area (Å²) in [6.07, 6.45) is 0.0580. The van der Waals surface area contributed by atoms with Crippen molar-refractivity contribution >= 4 is 13.6 Å². The molecule has 0 radical (unpaired) electrons. The van der Waals surface area contributed by atoms with Crippen LogP contribution in [0.5, 0.6) is 0 Å². The van der Waals surface area contributed by atoms with Gasteiger partial charge in [-0.25, -0.2) is 4.39 Å². The number of rotatable bonds is 5. The minimum atomic E-state index is -4.82. The Morgan fingerprint density at radius 1 is 1.33 bits per heavy atom. The van der Waals surface area contributed by atoms with Gasteiger partial charge in [-0.15, -0.1) is 0 Å². The van der Waals surface area contributed by atoms with Crippen molar-refractivity contribution in [2.24, 2.45) is 5.73 Å². The lowest BCUT2D eigenvalue weighted by Gasteiger charge is -2.11. The Bertz CT molecular complexity index is 472. The largest absolute Gasteiger partial charge is 0.480 e. The zero-order valence-electron chi connectivity index (χ0n) is 9.23. The van der Waals surface area contributed by atoms with Crippen molar-refractivity contribution in [1.29, 1.82) is 0 Å². The van der Waals surface area contributed by atoms with Gasteiger partial charge >= 0.3 is 13.6 Å². The molecule has 1 aromatic rings. The lowest BCUT2D eigenvalue weighted by Crippen LogP contribution is -2.32. The smallest absolute Gasteiger partial charge is 0.363 e. The molecule has 2 atom stereocenters. The molecule has 18 heavy (non-hydrogen) atoms. The number of carboxylic acid groups (broad SMARTS) is 1. The Labute approximate surface area is 102 Å². The van der Waals surface area contributed by atoms with Gasteiger partial charge in [-0.1, -0.05) is 24.3 Å². The standard InChI is InChI=1S/C10H13FNO5P/c11-9(18(15,16)17)7-3-1-6(2-4-7)5-8(12)10(13)14/h1-4,8-9H,5,12H2,(H,13,14)(H2,15,16,17). The molecule has 0 fully saturated rings. The minimum absolute atomic E-state index is 0.0580. The maximum atomic E-state index is 13.3. The second-order valence-corrected chi connectivity index (χ2v) is 5.45. The van der Waals surface area contributed by atoms with E-state index in [0.29, 0.717) is 5.56 Å². The summed E-state index contributed by atoms with van der Waals surface area (Å²) in [5.74, 6) is -3.53. The van der Waals surface area contributed by atoms with Gasteiger partial charge in [-0.3, -0.25) is 9.36 Å². The zero-order chi connectivity index (χ0) is 13.9. The average molecular weight is 277 g/mol. The van der Waals surface area contributed by atoms with E-state index in [1.165, 1.54) is 24.3 Å². The predicted molar refractivity (Wildman–Crippen MR) is 61.7 cm³/mol. The van der Waals surface area contributed by atoms with Gasteiger partial charge in [0.2, 0.25) is 5.91 Å². The van der Waals surface area contributed by atoms with Crippen LogP contribution in [-0.4, -0.2) is 26.9 Å². The van der Waals surface area contributed by atoms with Crippen LogP contribution in [0.4, 0.5) is 4.39 Å². The van der Waals surface area contributed by atoms with Crippen LogP contribution in [0.3, 0.4) is 0 Å². The molecule has 0 heterocycles. The molecule has 0 aliphatic carbocycles. The van der Waals surface area contributed by atoms with Crippen molar-refractivity contribution in [1.82, 2.24) is 0 Å². The maximum absolute atomic E-state index is 13.3. The van der Waals surface area contributed by atoms with Crippen molar-refractivity contribution < 1.29 is 28.6 Å². The first-order valence-electron chi connectivity index (χ1n) is 4.98. The highest BCUT2D eigenvalue weighted by Crippen LogP contribution is 2.52. The Hall–Kier alpha value is -1.27. The summed E-state index contributed by atoms with van der Waals surface area (Å²) in [6.45, 7) is 0. The second-order valence-electron chi connectivity index (χ2n) is 3.82. The number of halogens is 1. The Morgan fingerprint density at radius 2 is 1.83 bits per heavy atom. The van der Waals surface area contributed by atoms with Crippen LogP contribution in [0.1, 0.15) is 17.0 Å². The highest BCUT2D eigenvalue weighted by atomic mass is 31.2. The molecule has 0 aromatic heterocycles. The molecule has 0 aliphatic rings. The van der Waals surface area contributed by atoms with Crippen LogP contribution < -0.4 is 5.73 Å². The van der Waals surface area contributed by atoms with E-state index < -0.39 is 25.5 Å². The summed E-state index contributed by atoms with van der Waals surface area (Å²) in [6, 6.07) is 4.11. The van der Waals surface area contributed by atoms with Gasteiger partial charge in [0.1, 0.15) is 6.04 Å². The average Bonchev–Trinajstić information content (AvgIpc) is 2.27. The molecule has 6 nitrogen and oxygen atoms in total. The van der Waals surface area contributed by atoms with Crippen LogP contribution in [0.25, 0.3) is 0 Å². The van der Waals surface area contributed by atoms with Crippen LogP contribution in [0.15, 0.2) is 24.3 Å². The molecule has 8 heteroatoms. The molecular weight excluding hydrogens is 264 g/mol. The first-order chi connectivity index (χ1) is 8.21. The molecule has 0 saturated carbocycles. The van der Waals surface area contributed by atoms with Crippen molar-refractivity contribution in [3.63, 3.8) is 0 Å². The number of nitrogens with two attached hydrogens (primary N) is 1. The van der Waals surface area contributed by atoms with Crippen molar-refractivity contribution in [2.75, 3.05) is 0 Å². The normalized spacial score (nSPS) is 15.1. The third-order valence-electron chi connectivity index (χ3n) is 2.32. The van der Waals surface area contributed by atoms with E-state index in [1.807, 2.05) is 0 Å². The van der Waals surface area contributed by atoms with E-state index in [0.717, 1.165) is 0 Å². The molecule has 0 saturated heterocycles. The number of hydrogen-bond acceptors (Lipinski definition) is 3. The van der Waals surface area contributed by atoms with Gasteiger partial charge in [0, 0.05) is 0 Å². The van der Waals surface area contributed by atoms with Crippen LogP contribution in [0, 0.1) is 0 Å². The molecule has 5 N–H and O–H groups in total. The van der Waals surface area contributed by atoms with Gasteiger partial charge in [0.25, 0.3) is 0 Å². The summed E-state index contributed by atoms with van der Waals surface area (Å²) >= 11 is 0. The van der Waals surface area contributed by atoms with Crippen molar-refractivity contribution in [3.8, 4) is 0 Å². The van der Waals surface area contributed by atoms with Crippen LogP contribution >= 0.6 is 7.60 Å². The third-order valence-corrected chi connectivity index (χ3v) is 3.21. The lowest BCUT2D eigenvalue weighted by molar-refractivity contribution is -0.138. The van der Waals surface area contributed by atoms with E-state index >= 15 is 0 Å². The Morgan fingerprint density at radius 3 is 2.22 bits per heavy atom. The number of carboxylic acids is 1. The van der Waals surface area contributed by atoms with E-state index in [4.69, 9.17) is 20.6 Å². The topological polar surface area (TPSA) is 121 Å². The summed E-state index contributed by atoms with van der Waals surface area (Å²) in [5.41, 5.74) is 5.71. The SMILES string of the molecule is NC(Cc1ccc(C(F)P(=O)(O)O)cc1)C(=O)O. The van der Waals surface area contributed by atoms with Gasteiger partial charge in [-0.05, 0) is 17.5 Å². The Balaban J connectivity index is 2.81. The number of aliphatic carboxylic acids is 1. The number of benzene rings is 1.